The second kappa shape index (κ2) is 8.15. The first kappa shape index (κ1) is 16.8. The molecule has 0 saturated heterocycles. The molecular formula is C15H22F3NO. The highest BCUT2D eigenvalue weighted by Crippen LogP contribution is 2.36. The lowest BCUT2D eigenvalue weighted by Gasteiger charge is -2.19. The number of rotatable bonds is 8. The highest BCUT2D eigenvalue weighted by Gasteiger charge is 2.34. The van der Waals surface area contributed by atoms with E-state index in [1.54, 1.807) is 13.0 Å². The van der Waals surface area contributed by atoms with E-state index in [-0.39, 0.29) is 11.9 Å². The van der Waals surface area contributed by atoms with E-state index in [4.69, 9.17) is 4.74 Å². The molecule has 0 saturated carbocycles. The first-order valence-electron chi connectivity index (χ1n) is 6.98. The fraction of sp³-hybridized carbons (Fsp3) is 0.600. The molecule has 0 aliphatic heterocycles. The first-order chi connectivity index (χ1) is 9.45. The molecule has 1 N–H and O–H groups in total. The van der Waals surface area contributed by atoms with E-state index >= 15 is 0 Å². The Bertz CT molecular complexity index is 393. The quantitative estimate of drug-likeness (QED) is 0.722. The number of hydrogen-bond donors (Lipinski definition) is 1. The van der Waals surface area contributed by atoms with Crippen LogP contribution in [0.2, 0.25) is 0 Å². The summed E-state index contributed by atoms with van der Waals surface area (Å²) in [5.41, 5.74) is -0.724. The van der Waals surface area contributed by atoms with Gasteiger partial charge in [-0.3, -0.25) is 0 Å². The number of para-hydroxylation sites is 1. The lowest BCUT2D eigenvalue weighted by atomic mass is 10.2. The smallest absolute Gasteiger partial charge is 0.419 e. The van der Waals surface area contributed by atoms with Gasteiger partial charge in [0.05, 0.1) is 5.56 Å². The van der Waals surface area contributed by atoms with Gasteiger partial charge in [-0.1, -0.05) is 31.9 Å². The third kappa shape index (κ3) is 5.82. The van der Waals surface area contributed by atoms with E-state index in [1.807, 2.05) is 0 Å². The Labute approximate surface area is 118 Å². The van der Waals surface area contributed by atoms with Crippen molar-refractivity contribution in [2.24, 2.45) is 0 Å². The molecule has 1 aromatic rings. The average Bonchev–Trinajstić information content (AvgIpc) is 2.38. The van der Waals surface area contributed by atoms with Gasteiger partial charge in [-0.15, -0.1) is 0 Å². The van der Waals surface area contributed by atoms with E-state index in [1.165, 1.54) is 12.1 Å². The van der Waals surface area contributed by atoms with Gasteiger partial charge in [0, 0.05) is 6.54 Å². The number of ether oxygens (including phenoxy) is 1. The molecule has 0 aliphatic carbocycles. The van der Waals surface area contributed by atoms with E-state index in [0.29, 0.717) is 6.54 Å². The van der Waals surface area contributed by atoms with E-state index in [0.717, 1.165) is 31.9 Å². The van der Waals surface area contributed by atoms with Crippen LogP contribution in [0.4, 0.5) is 13.2 Å². The molecule has 1 rings (SSSR count). The molecule has 2 nitrogen and oxygen atoms in total. The third-order valence-electron chi connectivity index (χ3n) is 2.91. The summed E-state index contributed by atoms with van der Waals surface area (Å²) < 4.78 is 43.8. The highest BCUT2D eigenvalue weighted by molar-refractivity contribution is 5.35. The number of alkyl halides is 3. The van der Waals surface area contributed by atoms with Gasteiger partial charge in [0.1, 0.15) is 11.9 Å². The fourth-order valence-corrected chi connectivity index (χ4v) is 1.87. The molecule has 0 amide bonds. The Morgan fingerprint density at radius 2 is 1.90 bits per heavy atom. The Kier molecular flexibility index (Phi) is 6.85. The highest BCUT2D eigenvalue weighted by atomic mass is 19.4. The molecule has 0 fully saturated rings. The van der Waals surface area contributed by atoms with Crippen LogP contribution >= 0.6 is 0 Å². The summed E-state index contributed by atoms with van der Waals surface area (Å²) in [7, 11) is 0. The summed E-state index contributed by atoms with van der Waals surface area (Å²) >= 11 is 0. The average molecular weight is 289 g/mol. The number of hydrogen-bond acceptors (Lipinski definition) is 2. The van der Waals surface area contributed by atoms with Crippen LogP contribution in [0.1, 0.15) is 38.7 Å². The molecule has 1 aromatic carbocycles. The van der Waals surface area contributed by atoms with Crippen LogP contribution in [0, 0.1) is 0 Å². The number of nitrogens with one attached hydrogen (secondary N) is 1. The minimum absolute atomic E-state index is 0.108. The zero-order valence-corrected chi connectivity index (χ0v) is 12.0. The maximum atomic E-state index is 12.8. The molecule has 0 aliphatic rings. The molecule has 0 bridgehead atoms. The van der Waals surface area contributed by atoms with Crippen molar-refractivity contribution in [2.75, 3.05) is 13.1 Å². The van der Waals surface area contributed by atoms with Crippen LogP contribution in [0.5, 0.6) is 5.75 Å². The zero-order chi connectivity index (χ0) is 15.0. The van der Waals surface area contributed by atoms with E-state index in [9.17, 15) is 13.2 Å². The topological polar surface area (TPSA) is 21.3 Å². The minimum Gasteiger partial charge on any atom is -0.489 e. The molecule has 0 heterocycles. The Morgan fingerprint density at radius 1 is 1.20 bits per heavy atom. The van der Waals surface area contributed by atoms with Crippen molar-refractivity contribution in [1.82, 2.24) is 5.32 Å². The minimum atomic E-state index is -4.38. The molecule has 5 heteroatoms. The van der Waals surface area contributed by atoms with Gasteiger partial charge in [0.2, 0.25) is 0 Å². The van der Waals surface area contributed by atoms with Crippen LogP contribution in [0.3, 0.4) is 0 Å². The van der Waals surface area contributed by atoms with Crippen molar-refractivity contribution < 1.29 is 17.9 Å². The van der Waals surface area contributed by atoms with Gasteiger partial charge in [-0.25, -0.2) is 0 Å². The van der Waals surface area contributed by atoms with Crippen molar-refractivity contribution in [3.63, 3.8) is 0 Å². The summed E-state index contributed by atoms with van der Waals surface area (Å²) in [6, 6.07) is 5.31. The van der Waals surface area contributed by atoms with Crippen molar-refractivity contribution in [3.8, 4) is 5.75 Å². The van der Waals surface area contributed by atoms with E-state index < -0.39 is 11.7 Å². The van der Waals surface area contributed by atoms with Gasteiger partial charge >= 0.3 is 6.18 Å². The lowest BCUT2D eigenvalue weighted by Crippen LogP contribution is -2.30. The maximum absolute atomic E-state index is 12.8. The number of unbranched alkanes of at least 4 members (excludes halogenated alkanes) is 2. The molecule has 20 heavy (non-hydrogen) atoms. The van der Waals surface area contributed by atoms with Gasteiger partial charge < -0.3 is 10.1 Å². The second-order valence-electron chi connectivity index (χ2n) is 4.83. The molecule has 0 spiro atoms. The zero-order valence-electron chi connectivity index (χ0n) is 12.0. The van der Waals surface area contributed by atoms with Crippen LogP contribution in [0.15, 0.2) is 24.3 Å². The van der Waals surface area contributed by atoms with Crippen molar-refractivity contribution in [2.45, 2.75) is 45.4 Å². The fourth-order valence-electron chi connectivity index (χ4n) is 1.87. The standard InChI is InChI=1S/C15H22F3NO/c1-3-4-7-10-19-11-12(2)20-14-9-6-5-8-13(14)15(16,17)18/h5-6,8-9,12,19H,3-4,7,10-11H2,1-2H3. The van der Waals surface area contributed by atoms with Crippen molar-refractivity contribution in [1.29, 1.82) is 0 Å². The van der Waals surface area contributed by atoms with E-state index in [2.05, 4.69) is 12.2 Å². The molecule has 0 radical (unpaired) electrons. The SMILES string of the molecule is CCCCCNCC(C)Oc1ccccc1C(F)(F)F. The van der Waals surface area contributed by atoms with Crippen LogP contribution < -0.4 is 10.1 Å². The third-order valence-corrected chi connectivity index (χ3v) is 2.91. The molecular weight excluding hydrogens is 267 g/mol. The Hall–Kier alpha value is -1.23. The van der Waals surface area contributed by atoms with Crippen molar-refractivity contribution >= 4 is 0 Å². The normalized spacial score (nSPS) is 13.2. The molecule has 114 valence electrons. The largest absolute Gasteiger partial charge is 0.489 e. The van der Waals surface area contributed by atoms with Gasteiger partial charge in [0.15, 0.2) is 0 Å². The predicted molar refractivity (Wildman–Crippen MR) is 73.9 cm³/mol. The molecule has 1 unspecified atom stereocenters. The monoisotopic (exact) mass is 289 g/mol. The Balaban J connectivity index is 2.48. The predicted octanol–water partition coefficient (Wildman–Crippen LogP) is 4.25. The van der Waals surface area contributed by atoms with Crippen LogP contribution in [-0.2, 0) is 6.18 Å². The Morgan fingerprint density at radius 3 is 2.55 bits per heavy atom. The summed E-state index contributed by atoms with van der Waals surface area (Å²) in [6.07, 6.45) is -1.32. The first-order valence-corrected chi connectivity index (χ1v) is 6.98. The summed E-state index contributed by atoms with van der Waals surface area (Å²) in [6.45, 7) is 5.29. The lowest BCUT2D eigenvalue weighted by molar-refractivity contribution is -0.139. The van der Waals surface area contributed by atoms with Gasteiger partial charge in [-0.05, 0) is 32.0 Å². The molecule has 1 atom stereocenters. The maximum Gasteiger partial charge on any atom is 0.419 e. The number of benzene rings is 1. The van der Waals surface area contributed by atoms with Crippen LogP contribution in [-0.4, -0.2) is 19.2 Å². The summed E-state index contributed by atoms with van der Waals surface area (Å²) in [5.74, 6) is -0.108. The summed E-state index contributed by atoms with van der Waals surface area (Å²) in [5, 5.41) is 3.19. The molecule has 0 aromatic heterocycles. The summed E-state index contributed by atoms with van der Waals surface area (Å²) in [4.78, 5) is 0. The van der Waals surface area contributed by atoms with Crippen molar-refractivity contribution in [3.05, 3.63) is 29.8 Å². The van der Waals surface area contributed by atoms with Gasteiger partial charge in [0.25, 0.3) is 0 Å². The second-order valence-corrected chi connectivity index (χ2v) is 4.83. The van der Waals surface area contributed by atoms with Crippen LogP contribution in [0.25, 0.3) is 0 Å². The van der Waals surface area contributed by atoms with Gasteiger partial charge in [-0.2, -0.15) is 13.2 Å². The number of halogens is 3.